The van der Waals surface area contributed by atoms with E-state index in [-0.39, 0.29) is 23.3 Å². The summed E-state index contributed by atoms with van der Waals surface area (Å²) in [5.41, 5.74) is -1.21. The summed E-state index contributed by atoms with van der Waals surface area (Å²) in [7, 11) is 0. The minimum atomic E-state index is -1.90. The molecule has 1 aromatic heterocycles. The SMILES string of the molecule is CCCCCCCC/C=C\CCCCCCCC(=O)OC[C@H]1O[C@@H](Oc2c(-c3ccc(O)c(O)c3)oc3cc(O)cc(O)c3c2=O)[C@H](O)[C@@H](O)[C@@H]1O. The van der Waals surface area contributed by atoms with Crippen molar-refractivity contribution >= 4 is 16.9 Å². The van der Waals surface area contributed by atoms with Gasteiger partial charge in [0.05, 0.1) is 0 Å². The van der Waals surface area contributed by atoms with Gasteiger partial charge in [0.2, 0.25) is 17.5 Å². The Balaban J connectivity index is 1.30. The minimum absolute atomic E-state index is 0.0131. The van der Waals surface area contributed by atoms with E-state index in [0.717, 1.165) is 62.8 Å². The van der Waals surface area contributed by atoms with E-state index in [1.54, 1.807) is 0 Å². The van der Waals surface area contributed by atoms with Crippen molar-refractivity contribution in [3.8, 4) is 40.1 Å². The lowest BCUT2D eigenvalue weighted by molar-refractivity contribution is -0.278. The zero-order valence-electron chi connectivity index (χ0n) is 29.6. The van der Waals surface area contributed by atoms with Crippen molar-refractivity contribution in [1.82, 2.24) is 0 Å². The number of hydrogen-bond acceptors (Lipinski definition) is 13. The van der Waals surface area contributed by atoms with E-state index < -0.39 is 82.8 Å². The number of hydrogen-bond donors (Lipinski definition) is 7. The number of phenols is 4. The summed E-state index contributed by atoms with van der Waals surface area (Å²) in [6.45, 7) is 1.74. The van der Waals surface area contributed by atoms with Gasteiger partial charge in [0.25, 0.3) is 0 Å². The first-order valence-corrected chi connectivity index (χ1v) is 18.2. The maximum absolute atomic E-state index is 13.7. The second-order valence-corrected chi connectivity index (χ2v) is 13.3. The minimum Gasteiger partial charge on any atom is -0.508 e. The van der Waals surface area contributed by atoms with Gasteiger partial charge in [-0.2, -0.15) is 0 Å². The average Bonchev–Trinajstić information content (AvgIpc) is 3.11. The Morgan fingerprint density at radius 1 is 0.769 bits per heavy atom. The maximum Gasteiger partial charge on any atom is 0.305 e. The van der Waals surface area contributed by atoms with Gasteiger partial charge >= 0.3 is 5.97 Å². The molecule has 4 rings (SSSR count). The fourth-order valence-corrected chi connectivity index (χ4v) is 6.09. The molecule has 3 aromatic rings. The van der Waals surface area contributed by atoms with Crippen LogP contribution >= 0.6 is 0 Å². The van der Waals surface area contributed by atoms with Crippen LogP contribution in [0.5, 0.6) is 28.7 Å². The summed E-state index contributed by atoms with van der Waals surface area (Å²) in [5.74, 6) is -3.62. The summed E-state index contributed by atoms with van der Waals surface area (Å²) in [4.78, 5) is 26.1. The molecule has 2 aromatic carbocycles. The average molecular weight is 729 g/mol. The lowest BCUT2D eigenvalue weighted by atomic mass is 9.99. The van der Waals surface area contributed by atoms with Crippen molar-refractivity contribution in [2.24, 2.45) is 0 Å². The molecule has 1 saturated heterocycles. The van der Waals surface area contributed by atoms with Crippen LogP contribution in [-0.4, -0.2) is 79.0 Å². The first-order chi connectivity index (χ1) is 25.0. The van der Waals surface area contributed by atoms with E-state index in [2.05, 4.69) is 19.1 Å². The van der Waals surface area contributed by atoms with Crippen LogP contribution in [0.1, 0.15) is 96.8 Å². The van der Waals surface area contributed by atoms with Gasteiger partial charge in [-0.3, -0.25) is 9.59 Å². The van der Waals surface area contributed by atoms with Gasteiger partial charge in [0.1, 0.15) is 53.5 Å². The van der Waals surface area contributed by atoms with E-state index in [1.165, 1.54) is 44.6 Å². The van der Waals surface area contributed by atoms with Gasteiger partial charge in [-0.15, -0.1) is 0 Å². The quantitative estimate of drug-likeness (QED) is 0.0306. The number of aromatic hydroxyl groups is 4. The Hall–Kier alpha value is -4.30. The van der Waals surface area contributed by atoms with Gasteiger partial charge in [-0.1, -0.05) is 70.4 Å². The molecular weight excluding hydrogens is 676 g/mol. The van der Waals surface area contributed by atoms with E-state index in [0.29, 0.717) is 6.42 Å². The molecule has 1 fully saturated rings. The second kappa shape index (κ2) is 20.1. The van der Waals surface area contributed by atoms with E-state index in [9.17, 15) is 45.3 Å². The molecule has 7 N–H and O–H groups in total. The van der Waals surface area contributed by atoms with Crippen molar-refractivity contribution < 1.29 is 59.2 Å². The molecule has 0 spiro atoms. The number of fused-ring (bicyclic) bond motifs is 1. The molecular formula is C39H52O13. The fourth-order valence-electron chi connectivity index (χ4n) is 6.09. The molecule has 13 nitrogen and oxygen atoms in total. The van der Waals surface area contributed by atoms with Gasteiger partial charge in [-0.25, -0.2) is 0 Å². The number of phenolic OH excluding ortho intramolecular Hbond substituents is 4. The number of carbonyl (C=O) groups excluding carboxylic acids is 1. The molecule has 2 heterocycles. The summed E-state index contributed by atoms with van der Waals surface area (Å²) in [6, 6.07) is 5.43. The molecule has 13 heteroatoms. The number of aliphatic hydroxyl groups excluding tert-OH is 3. The Kier molecular flexibility index (Phi) is 15.6. The molecule has 0 radical (unpaired) electrons. The third kappa shape index (κ3) is 11.1. The Bertz CT molecular complexity index is 1680. The van der Waals surface area contributed by atoms with Gasteiger partial charge in [-0.05, 0) is 50.3 Å². The number of allylic oxidation sites excluding steroid dienone is 2. The smallest absolute Gasteiger partial charge is 0.305 e. The highest BCUT2D eigenvalue weighted by Gasteiger charge is 2.46. The number of ether oxygens (including phenoxy) is 3. The predicted molar refractivity (Wildman–Crippen MR) is 192 cm³/mol. The summed E-state index contributed by atoms with van der Waals surface area (Å²) >= 11 is 0. The monoisotopic (exact) mass is 728 g/mol. The van der Waals surface area contributed by atoms with Gasteiger partial charge < -0.3 is 54.4 Å². The highest BCUT2D eigenvalue weighted by Crippen LogP contribution is 2.39. The van der Waals surface area contributed by atoms with Crippen LogP contribution in [0.3, 0.4) is 0 Å². The highest BCUT2D eigenvalue weighted by atomic mass is 16.7. The van der Waals surface area contributed by atoms with E-state index in [4.69, 9.17) is 18.6 Å². The summed E-state index contributed by atoms with van der Waals surface area (Å²) < 4.78 is 22.5. The topological polar surface area (TPSA) is 217 Å². The van der Waals surface area contributed by atoms with Crippen molar-refractivity contribution in [2.45, 2.75) is 128 Å². The van der Waals surface area contributed by atoms with Gasteiger partial charge in [0.15, 0.2) is 17.3 Å². The Morgan fingerprint density at radius 2 is 1.42 bits per heavy atom. The zero-order valence-corrected chi connectivity index (χ0v) is 29.6. The molecule has 5 atom stereocenters. The van der Waals surface area contributed by atoms with Crippen LogP contribution in [0.4, 0.5) is 0 Å². The molecule has 1 aliphatic heterocycles. The molecule has 0 aliphatic carbocycles. The largest absolute Gasteiger partial charge is 0.508 e. The zero-order chi connectivity index (χ0) is 37.6. The number of rotatable bonds is 20. The van der Waals surface area contributed by atoms with E-state index >= 15 is 0 Å². The predicted octanol–water partition coefficient (Wildman–Crippen LogP) is 6.05. The maximum atomic E-state index is 13.7. The standard InChI is InChI=1S/C39H52O13/c1-2-3-4-5-6-7-8-9-10-11-12-13-14-15-16-17-31(44)49-23-30-33(45)35(47)36(48)39(51-30)52-38-34(46)32-28(43)21-25(40)22-29(32)50-37(38)24-18-19-26(41)27(42)20-24/h9-10,18-22,30,33,35-36,39-43,45,47-48H,2-8,11-17,23H2,1H3/b10-9-/t30-,33-,35+,36-,39+/m1/s1. The fraction of sp³-hybridized carbons (Fsp3) is 0.538. The summed E-state index contributed by atoms with van der Waals surface area (Å²) in [5, 5.41) is 71.8. The third-order valence-corrected chi connectivity index (χ3v) is 9.11. The number of benzene rings is 2. The molecule has 52 heavy (non-hydrogen) atoms. The van der Waals surface area contributed by atoms with Crippen LogP contribution in [0.2, 0.25) is 0 Å². The third-order valence-electron chi connectivity index (χ3n) is 9.11. The van der Waals surface area contributed by atoms with Crippen LogP contribution in [0.25, 0.3) is 22.3 Å². The Morgan fingerprint density at radius 3 is 2.10 bits per heavy atom. The first-order valence-electron chi connectivity index (χ1n) is 18.2. The van der Waals surface area contributed by atoms with Crippen LogP contribution in [0.15, 0.2) is 51.7 Å². The molecule has 0 saturated carbocycles. The normalized spacial score (nSPS) is 20.4. The van der Waals surface area contributed by atoms with Crippen LogP contribution < -0.4 is 10.2 Å². The Labute approximate surface area is 302 Å². The number of carbonyl (C=O) groups is 1. The first kappa shape index (κ1) is 40.5. The lowest BCUT2D eigenvalue weighted by Crippen LogP contribution is -2.60. The molecule has 0 amide bonds. The van der Waals surface area contributed by atoms with Gasteiger partial charge in [0, 0.05) is 24.1 Å². The van der Waals surface area contributed by atoms with Crippen LogP contribution in [-0.2, 0) is 14.3 Å². The number of aliphatic hydroxyl groups is 3. The van der Waals surface area contributed by atoms with Crippen molar-refractivity contribution in [2.75, 3.05) is 6.61 Å². The number of unbranched alkanes of at least 4 members (excludes halogenated alkanes) is 11. The molecule has 0 bridgehead atoms. The second-order valence-electron chi connectivity index (χ2n) is 13.3. The molecule has 0 unspecified atom stereocenters. The van der Waals surface area contributed by atoms with E-state index in [1.807, 2.05) is 0 Å². The van der Waals surface area contributed by atoms with Crippen molar-refractivity contribution in [3.05, 3.63) is 52.7 Å². The molecule has 1 aliphatic rings. The lowest BCUT2D eigenvalue weighted by Gasteiger charge is -2.39. The van der Waals surface area contributed by atoms with Crippen molar-refractivity contribution in [1.29, 1.82) is 0 Å². The summed E-state index contributed by atoms with van der Waals surface area (Å²) in [6.07, 6.45) is 10.7. The van der Waals surface area contributed by atoms with Crippen LogP contribution in [0, 0.1) is 0 Å². The van der Waals surface area contributed by atoms with Crippen molar-refractivity contribution in [3.63, 3.8) is 0 Å². The molecule has 286 valence electrons. The number of esters is 1. The highest BCUT2D eigenvalue weighted by molar-refractivity contribution is 5.88.